The molecule has 1 N–H and O–H groups in total. The molecule has 0 radical (unpaired) electrons. The van der Waals surface area contributed by atoms with Crippen molar-refractivity contribution >= 4 is 27.5 Å². The molecule has 3 aliphatic carbocycles. The zero-order chi connectivity index (χ0) is 25.5. The van der Waals surface area contributed by atoms with E-state index in [1.54, 1.807) is 0 Å². The average molecular weight is 512 g/mol. The maximum atomic E-state index is 11.9. The Kier molecular flexibility index (Phi) is 7.99. The highest BCUT2D eigenvalue weighted by Gasteiger charge is 2.65. The van der Waals surface area contributed by atoms with Crippen LogP contribution >= 0.6 is 11.6 Å². The molecule has 0 aliphatic heterocycles. The number of halogens is 1. The molecule has 3 atom stereocenters. The van der Waals surface area contributed by atoms with Gasteiger partial charge in [0.15, 0.2) is 0 Å². The third-order valence-corrected chi connectivity index (χ3v) is 10.3. The maximum absolute atomic E-state index is 11.9. The molecule has 4 rings (SSSR count). The Morgan fingerprint density at radius 1 is 1.12 bits per heavy atom. The Balaban J connectivity index is 0.000000196. The Bertz CT molecular complexity index is 982. The van der Waals surface area contributed by atoms with Crippen LogP contribution in [0.1, 0.15) is 78.2 Å². The Morgan fingerprint density at radius 3 is 2.06 bits per heavy atom. The predicted molar refractivity (Wildman–Crippen MR) is 139 cm³/mol. The second kappa shape index (κ2) is 9.84. The SMILES string of the molecule is CC(C)CC(N(C)C)C1(c2ccc(Cl)cc2)CCC1.CC1(C)[C@@H]2CC[C@@]1(CS(=O)(=O)O)C(=O)C2. The lowest BCUT2D eigenvalue weighted by molar-refractivity contribution is -0.128. The third kappa shape index (κ3) is 5.11. The van der Waals surface area contributed by atoms with E-state index >= 15 is 0 Å². The molecule has 1 aromatic carbocycles. The number of hydrogen-bond acceptors (Lipinski definition) is 4. The molecule has 3 aliphatic rings. The lowest BCUT2D eigenvalue weighted by Crippen LogP contribution is -2.52. The summed E-state index contributed by atoms with van der Waals surface area (Å²) in [5.41, 5.74) is 0.700. The summed E-state index contributed by atoms with van der Waals surface area (Å²) in [6.07, 6.45) is 7.20. The van der Waals surface area contributed by atoms with Crippen LogP contribution in [0, 0.1) is 22.7 Å². The van der Waals surface area contributed by atoms with Crippen molar-refractivity contribution in [2.75, 3.05) is 19.8 Å². The van der Waals surface area contributed by atoms with Crippen molar-refractivity contribution in [3.63, 3.8) is 0 Å². The molecule has 2 bridgehead atoms. The highest BCUT2D eigenvalue weighted by atomic mass is 35.5. The molecule has 1 aromatic rings. The summed E-state index contributed by atoms with van der Waals surface area (Å²) in [6, 6.07) is 9.18. The summed E-state index contributed by atoms with van der Waals surface area (Å²) in [5, 5.41) is 0.837. The van der Waals surface area contributed by atoms with Gasteiger partial charge in [0.1, 0.15) is 5.78 Å². The standard InChI is InChI=1S/C17H26ClN.C10H16O4S/c1-13(2)12-16(19(3)4)17(10-5-11-17)14-6-8-15(18)9-7-14;1-9(2)7-3-4-10(9,8(11)5-7)6-15(12,13)14/h6-9,13,16H,5,10-12H2,1-4H3;7H,3-6H2,1-2H3,(H,12,13,14)/t;7-,10-/m.1/s1. The number of nitrogens with zero attached hydrogens (tertiary/aromatic N) is 1. The molecule has 0 heterocycles. The van der Waals surface area contributed by atoms with E-state index in [9.17, 15) is 13.2 Å². The number of Topliss-reactive ketones (excluding diaryl/α,β-unsaturated/α-hetero) is 1. The van der Waals surface area contributed by atoms with Gasteiger partial charge in [-0.2, -0.15) is 8.42 Å². The van der Waals surface area contributed by atoms with Gasteiger partial charge in [-0.25, -0.2) is 0 Å². The van der Waals surface area contributed by atoms with Crippen LogP contribution in [0.5, 0.6) is 0 Å². The number of benzene rings is 1. The van der Waals surface area contributed by atoms with Gasteiger partial charge in [-0.15, -0.1) is 0 Å². The molecule has 0 amide bonds. The molecule has 3 fully saturated rings. The molecular weight excluding hydrogens is 470 g/mol. The number of carbonyl (C=O) groups is 1. The first kappa shape index (κ1) is 27.6. The minimum Gasteiger partial charge on any atom is -0.306 e. The molecule has 1 unspecified atom stereocenters. The van der Waals surface area contributed by atoms with Crippen molar-refractivity contribution < 1.29 is 17.8 Å². The van der Waals surface area contributed by atoms with Gasteiger partial charge >= 0.3 is 0 Å². The molecule has 0 aromatic heterocycles. The van der Waals surface area contributed by atoms with Crippen LogP contribution in [0.15, 0.2) is 24.3 Å². The number of rotatable bonds is 7. The van der Waals surface area contributed by atoms with Crippen LogP contribution < -0.4 is 0 Å². The first-order valence-corrected chi connectivity index (χ1v) is 14.5. The summed E-state index contributed by atoms with van der Waals surface area (Å²) in [4.78, 5) is 14.3. The van der Waals surface area contributed by atoms with Gasteiger partial charge in [0, 0.05) is 22.9 Å². The maximum Gasteiger partial charge on any atom is 0.265 e. The normalized spacial score (nSPS) is 27.9. The van der Waals surface area contributed by atoms with Crippen molar-refractivity contribution in [2.45, 2.75) is 84.1 Å². The van der Waals surface area contributed by atoms with Crippen molar-refractivity contribution in [2.24, 2.45) is 22.7 Å². The van der Waals surface area contributed by atoms with Crippen molar-refractivity contribution in [1.29, 1.82) is 0 Å². The first-order chi connectivity index (χ1) is 15.6. The number of ketones is 1. The molecular formula is C27H42ClNO4S. The Morgan fingerprint density at radius 2 is 1.71 bits per heavy atom. The second-order valence-corrected chi connectivity index (χ2v) is 13.9. The fourth-order valence-corrected chi connectivity index (χ4v) is 8.38. The lowest BCUT2D eigenvalue weighted by Gasteiger charge is -2.51. The minimum atomic E-state index is -4.08. The summed E-state index contributed by atoms with van der Waals surface area (Å²) in [6.45, 7) is 8.54. The van der Waals surface area contributed by atoms with Crippen molar-refractivity contribution in [3.8, 4) is 0 Å². The zero-order valence-corrected chi connectivity index (χ0v) is 23.2. The van der Waals surface area contributed by atoms with Gasteiger partial charge in [0.2, 0.25) is 0 Å². The van der Waals surface area contributed by atoms with E-state index in [0.717, 1.165) is 17.4 Å². The molecule has 3 saturated carbocycles. The van der Waals surface area contributed by atoms with Gasteiger partial charge in [-0.3, -0.25) is 9.35 Å². The summed E-state index contributed by atoms with van der Waals surface area (Å²) in [7, 11) is 0.374. The lowest BCUT2D eigenvalue weighted by atomic mass is 9.58. The number of likely N-dealkylation sites (N-methyl/N-ethyl adjacent to an activating group) is 1. The largest absolute Gasteiger partial charge is 0.306 e. The molecule has 192 valence electrons. The fraction of sp³-hybridized carbons (Fsp3) is 0.741. The van der Waals surface area contributed by atoms with Gasteiger partial charge in [-0.05, 0) is 81.1 Å². The van der Waals surface area contributed by atoms with E-state index in [-0.39, 0.29) is 17.1 Å². The minimum absolute atomic E-state index is 0.0152. The van der Waals surface area contributed by atoms with E-state index in [4.69, 9.17) is 16.2 Å². The highest BCUT2D eigenvalue weighted by Crippen LogP contribution is 2.64. The highest BCUT2D eigenvalue weighted by molar-refractivity contribution is 7.85. The average Bonchev–Trinajstić information content (AvgIpc) is 3.01. The fourth-order valence-electron chi connectivity index (χ4n) is 6.95. The van der Waals surface area contributed by atoms with E-state index in [0.29, 0.717) is 24.3 Å². The summed E-state index contributed by atoms with van der Waals surface area (Å²) < 4.78 is 31.0. The van der Waals surface area contributed by atoms with Crippen LogP contribution in [-0.2, 0) is 20.3 Å². The van der Waals surface area contributed by atoms with E-state index in [2.05, 4.69) is 45.0 Å². The van der Waals surface area contributed by atoms with Crippen molar-refractivity contribution in [3.05, 3.63) is 34.9 Å². The number of hydrogen-bond donors (Lipinski definition) is 1. The van der Waals surface area contributed by atoms with Crippen LogP contribution in [0.25, 0.3) is 0 Å². The van der Waals surface area contributed by atoms with Crippen LogP contribution in [0.4, 0.5) is 0 Å². The smallest absolute Gasteiger partial charge is 0.265 e. The third-order valence-electron chi connectivity index (χ3n) is 9.19. The summed E-state index contributed by atoms with van der Waals surface area (Å²) >= 11 is 6.04. The molecule has 0 saturated heterocycles. The quantitative estimate of drug-likeness (QED) is 0.454. The van der Waals surface area contributed by atoms with Crippen LogP contribution in [0.2, 0.25) is 5.02 Å². The van der Waals surface area contributed by atoms with E-state index in [1.165, 1.54) is 31.2 Å². The molecule has 0 spiro atoms. The Labute approximate surface area is 211 Å². The zero-order valence-electron chi connectivity index (χ0n) is 21.6. The number of carbonyl (C=O) groups excluding carboxylic acids is 1. The second-order valence-electron chi connectivity index (χ2n) is 12.0. The topological polar surface area (TPSA) is 74.7 Å². The first-order valence-electron chi connectivity index (χ1n) is 12.6. The number of fused-ring (bicyclic) bond motifs is 2. The molecule has 7 heteroatoms. The predicted octanol–water partition coefficient (Wildman–Crippen LogP) is 6.01. The van der Waals surface area contributed by atoms with Gasteiger partial charge in [-0.1, -0.05) is 57.8 Å². The molecule has 5 nitrogen and oxygen atoms in total. The molecule has 34 heavy (non-hydrogen) atoms. The van der Waals surface area contributed by atoms with Crippen LogP contribution in [0.3, 0.4) is 0 Å². The van der Waals surface area contributed by atoms with Crippen LogP contribution in [-0.4, -0.2) is 49.5 Å². The van der Waals surface area contributed by atoms with E-state index in [1.807, 2.05) is 26.0 Å². The van der Waals surface area contributed by atoms with Gasteiger partial charge in [0.05, 0.1) is 11.2 Å². The monoisotopic (exact) mass is 511 g/mol. The summed E-state index contributed by atoms with van der Waals surface area (Å²) in [5.74, 6) is 0.632. The Hall–Kier alpha value is -0.950. The van der Waals surface area contributed by atoms with Crippen molar-refractivity contribution in [1.82, 2.24) is 4.90 Å². The van der Waals surface area contributed by atoms with Gasteiger partial charge in [0.25, 0.3) is 10.1 Å². The van der Waals surface area contributed by atoms with Gasteiger partial charge < -0.3 is 4.90 Å². The van der Waals surface area contributed by atoms with E-state index < -0.39 is 21.3 Å².